The second kappa shape index (κ2) is 3.56. The number of piperidine rings is 1. The summed E-state index contributed by atoms with van der Waals surface area (Å²) >= 11 is 0. The van der Waals surface area contributed by atoms with Gasteiger partial charge in [0, 0.05) is 24.3 Å². The predicted molar refractivity (Wildman–Crippen MR) is 56.4 cm³/mol. The number of ketones is 1. The van der Waals surface area contributed by atoms with Crippen LogP contribution in [0.15, 0.2) is 0 Å². The Morgan fingerprint density at radius 2 is 1.93 bits per heavy atom. The number of fused-ring (bicyclic) bond motifs is 2. The van der Waals surface area contributed by atoms with Crippen LogP contribution in [0.5, 0.6) is 0 Å². The lowest BCUT2D eigenvalue weighted by Gasteiger charge is -2.34. The molecule has 1 N–H and O–H groups in total. The van der Waals surface area contributed by atoms with Gasteiger partial charge in [-0.25, -0.2) is 0 Å². The summed E-state index contributed by atoms with van der Waals surface area (Å²) in [5.74, 6) is 0.810. The fraction of sp³-hybridized carbons (Fsp3) is 0.917. The lowest BCUT2D eigenvalue weighted by atomic mass is 9.97. The highest BCUT2D eigenvalue weighted by atomic mass is 16.3. The van der Waals surface area contributed by atoms with Gasteiger partial charge in [-0.3, -0.25) is 9.69 Å². The molecule has 0 radical (unpaired) electrons. The molecule has 0 amide bonds. The molecule has 84 valence electrons. The summed E-state index contributed by atoms with van der Waals surface area (Å²) in [6.45, 7) is 2.27. The predicted octanol–water partition coefficient (Wildman–Crippen LogP) is 0.811. The molecule has 3 nitrogen and oxygen atoms in total. The molecule has 2 aliphatic carbocycles. The largest absolute Gasteiger partial charge is 0.393 e. The van der Waals surface area contributed by atoms with Gasteiger partial charge in [-0.15, -0.1) is 0 Å². The molecule has 3 fully saturated rings. The van der Waals surface area contributed by atoms with Crippen LogP contribution in [0.4, 0.5) is 0 Å². The molecule has 0 aromatic carbocycles. The summed E-state index contributed by atoms with van der Waals surface area (Å²) in [7, 11) is 0. The van der Waals surface area contributed by atoms with E-state index in [1.165, 1.54) is 19.3 Å². The van der Waals surface area contributed by atoms with Crippen LogP contribution in [0.1, 0.15) is 32.1 Å². The molecule has 15 heavy (non-hydrogen) atoms. The van der Waals surface area contributed by atoms with E-state index >= 15 is 0 Å². The number of rotatable bonds is 1. The van der Waals surface area contributed by atoms with E-state index in [0.717, 1.165) is 19.5 Å². The fourth-order valence-electron chi connectivity index (χ4n) is 3.80. The quantitative estimate of drug-likeness (QED) is 0.695. The maximum Gasteiger partial charge on any atom is 0.138 e. The van der Waals surface area contributed by atoms with Crippen molar-refractivity contribution in [1.29, 1.82) is 0 Å². The molecule has 0 aromatic heterocycles. The van der Waals surface area contributed by atoms with E-state index in [-0.39, 0.29) is 17.9 Å². The molecule has 3 aliphatic rings. The van der Waals surface area contributed by atoms with Gasteiger partial charge in [-0.1, -0.05) is 6.42 Å². The Morgan fingerprint density at radius 1 is 1.20 bits per heavy atom. The number of likely N-dealkylation sites (tertiary alicyclic amines) is 1. The minimum atomic E-state index is -0.209. The molecule has 1 heterocycles. The van der Waals surface area contributed by atoms with Crippen molar-refractivity contribution < 1.29 is 9.90 Å². The second-order valence-corrected chi connectivity index (χ2v) is 5.33. The third-order valence-electron chi connectivity index (χ3n) is 4.50. The Hall–Kier alpha value is -0.410. The molecule has 3 heteroatoms. The van der Waals surface area contributed by atoms with Gasteiger partial charge >= 0.3 is 0 Å². The van der Waals surface area contributed by atoms with E-state index in [2.05, 4.69) is 4.90 Å². The first-order chi connectivity index (χ1) is 7.27. The average molecular weight is 209 g/mol. The first-order valence-electron chi connectivity index (χ1n) is 6.22. The van der Waals surface area contributed by atoms with Crippen molar-refractivity contribution in [2.24, 2.45) is 11.8 Å². The molecule has 1 saturated heterocycles. The summed E-state index contributed by atoms with van der Waals surface area (Å²) in [6.07, 6.45) is 5.01. The van der Waals surface area contributed by atoms with Crippen molar-refractivity contribution >= 4 is 5.78 Å². The summed E-state index contributed by atoms with van der Waals surface area (Å²) in [5, 5.41) is 9.86. The highest BCUT2D eigenvalue weighted by Gasteiger charge is 2.54. The summed E-state index contributed by atoms with van der Waals surface area (Å²) in [4.78, 5) is 14.2. The van der Waals surface area contributed by atoms with Crippen LogP contribution >= 0.6 is 0 Å². The van der Waals surface area contributed by atoms with Crippen LogP contribution < -0.4 is 0 Å². The topological polar surface area (TPSA) is 40.5 Å². The zero-order valence-corrected chi connectivity index (χ0v) is 9.06. The van der Waals surface area contributed by atoms with E-state index in [1.54, 1.807) is 0 Å². The minimum Gasteiger partial charge on any atom is -0.393 e. The number of aliphatic hydroxyl groups excluding tert-OH is 1. The lowest BCUT2D eigenvalue weighted by molar-refractivity contribution is -0.123. The third kappa shape index (κ3) is 1.44. The number of carbonyl (C=O) groups excluding carboxylic acids is 1. The van der Waals surface area contributed by atoms with Crippen LogP contribution in [0.25, 0.3) is 0 Å². The highest BCUT2D eigenvalue weighted by Crippen LogP contribution is 2.45. The Labute approximate surface area is 90.5 Å². The maximum atomic E-state index is 11.7. The summed E-state index contributed by atoms with van der Waals surface area (Å²) in [6, 6.07) is 0.382. The summed E-state index contributed by atoms with van der Waals surface area (Å²) < 4.78 is 0. The van der Waals surface area contributed by atoms with E-state index in [0.29, 0.717) is 18.2 Å². The van der Waals surface area contributed by atoms with E-state index < -0.39 is 0 Å². The van der Waals surface area contributed by atoms with Gasteiger partial charge in [-0.2, -0.15) is 0 Å². The van der Waals surface area contributed by atoms with Crippen LogP contribution in [-0.4, -0.2) is 41.0 Å². The van der Waals surface area contributed by atoms with Gasteiger partial charge in [-0.05, 0) is 32.4 Å². The number of hydrogen-bond donors (Lipinski definition) is 1. The van der Waals surface area contributed by atoms with Crippen molar-refractivity contribution in [3.05, 3.63) is 0 Å². The second-order valence-electron chi connectivity index (χ2n) is 5.33. The first kappa shape index (κ1) is 9.79. The number of aliphatic hydroxyl groups is 1. The number of Topliss-reactive ketones (excluding diaryl/α,β-unsaturated/α-hetero) is 1. The van der Waals surface area contributed by atoms with Gasteiger partial charge in [0.25, 0.3) is 0 Å². The van der Waals surface area contributed by atoms with E-state index in [4.69, 9.17) is 0 Å². The SMILES string of the molecule is O=C1CC2C(N3CCCCC3)C1C[C@H]2O. The van der Waals surface area contributed by atoms with Crippen LogP contribution in [0.3, 0.4) is 0 Å². The highest BCUT2D eigenvalue weighted by molar-refractivity contribution is 5.86. The van der Waals surface area contributed by atoms with E-state index in [1.807, 2.05) is 0 Å². The molecule has 0 spiro atoms. The molecule has 1 aliphatic heterocycles. The normalized spacial score (nSPS) is 46.3. The molecular formula is C12H19NO2. The standard InChI is InChI=1S/C12H19NO2/c14-10-6-8-11(15)7-9(10)12(8)13-4-2-1-3-5-13/h8-10,12,14H,1-7H2/t8?,9?,10-,12?/m1/s1. The number of carbonyl (C=O) groups is 1. The molecule has 2 saturated carbocycles. The molecule has 2 bridgehead atoms. The van der Waals surface area contributed by atoms with Crippen LogP contribution in [0.2, 0.25) is 0 Å². The molecular weight excluding hydrogens is 190 g/mol. The van der Waals surface area contributed by atoms with Gasteiger partial charge < -0.3 is 5.11 Å². The lowest BCUT2D eigenvalue weighted by Crippen LogP contribution is -2.43. The zero-order chi connectivity index (χ0) is 10.4. The molecule has 3 rings (SSSR count). The maximum absolute atomic E-state index is 11.7. The van der Waals surface area contributed by atoms with Gasteiger partial charge in [0.2, 0.25) is 0 Å². The summed E-state index contributed by atoms with van der Waals surface area (Å²) in [5.41, 5.74) is 0. The Bertz CT molecular complexity index is 273. The Morgan fingerprint density at radius 3 is 2.53 bits per heavy atom. The van der Waals surface area contributed by atoms with Crippen LogP contribution in [0, 0.1) is 11.8 Å². The average Bonchev–Trinajstić information content (AvgIpc) is 2.73. The molecule has 3 unspecified atom stereocenters. The van der Waals surface area contributed by atoms with Crippen molar-refractivity contribution in [3.8, 4) is 0 Å². The fourth-order valence-corrected chi connectivity index (χ4v) is 3.80. The van der Waals surface area contributed by atoms with Crippen molar-refractivity contribution in [1.82, 2.24) is 4.90 Å². The first-order valence-corrected chi connectivity index (χ1v) is 6.22. The van der Waals surface area contributed by atoms with Gasteiger partial charge in [0.15, 0.2) is 0 Å². The van der Waals surface area contributed by atoms with Crippen molar-refractivity contribution in [2.75, 3.05) is 13.1 Å². The zero-order valence-electron chi connectivity index (χ0n) is 9.06. The Kier molecular flexibility index (Phi) is 2.33. The smallest absolute Gasteiger partial charge is 0.138 e. The van der Waals surface area contributed by atoms with Crippen molar-refractivity contribution in [3.63, 3.8) is 0 Å². The van der Waals surface area contributed by atoms with Gasteiger partial charge in [0.1, 0.15) is 5.78 Å². The third-order valence-corrected chi connectivity index (χ3v) is 4.50. The molecule has 4 atom stereocenters. The minimum absolute atomic E-state index is 0.156. The molecule has 0 aromatic rings. The van der Waals surface area contributed by atoms with E-state index in [9.17, 15) is 9.90 Å². The van der Waals surface area contributed by atoms with Gasteiger partial charge in [0.05, 0.1) is 6.10 Å². The number of nitrogens with zero attached hydrogens (tertiary/aromatic N) is 1. The van der Waals surface area contributed by atoms with Crippen LogP contribution in [-0.2, 0) is 4.79 Å². The number of hydrogen-bond acceptors (Lipinski definition) is 3. The van der Waals surface area contributed by atoms with Crippen molar-refractivity contribution in [2.45, 2.75) is 44.2 Å². The Balaban J connectivity index is 1.78. The monoisotopic (exact) mass is 209 g/mol.